The lowest BCUT2D eigenvalue weighted by Crippen LogP contribution is -2.27. The van der Waals surface area contributed by atoms with E-state index in [4.69, 9.17) is 9.47 Å². The molecule has 4 rings (SSSR count). The molecule has 0 N–H and O–H groups in total. The van der Waals surface area contributed by atoms with Gasteiger partial charge in [0, 0.05) is 49.4 Å². The summed E-state index contributed by atoms with van der Waals surface area (Å²) in [7, 11) is 3.84. The van der Waals surface area contributed by atoms with Gasteiger partial charge in [0.25, 0.3) is 0 Å². The minimum Gasteiger partial charge on any atom is -0.474 e. The van der Waals surface area contributed by atoms with Crippen LogP contribution in [0, 0.1) is 0 Å². The van der Waals surface area contributed by atoms with Crippen LogP contribution >= 0.6 is 0 Å². The van der Waals surface area contributed by atoms with E-state index in [0.29, 0.717) is 18.0 Å². The van der Waals surface area contributed by atoms with Gasteiger partial charge in [0.05, 0.1) is 6.54 Å². The summed E-state index contributed by atoms with van der Waals surface area (Å²) in [4.78, 5) is 32.9. The summed E-state index contributed by atoms with van der Waals surface area (Å²) in [5, 5.41) is 0. The molecule has 30 heavy (non-hydrogen) atoms. The number of hydrogen-bond donors (Lipinski definition) is 0. The van der Waals surface area contributed by atoms with E-state index in [1.54, 1.807) is 17.2 Å². The molecule has 0 unspecified atom stereocenters. The van der Waals surface area contributed by atoms with Crippen molar-refractivity contribution in [2.24, 2.45) is 0 Å². The SMILES string of the molecule is CN(C)/C=C1/CCCc2cc(N3C[C@H](COc4ccccn4)OC3=O)ccc2C1=O. The van der Waals surface area contributed by atoms with Gasteiger partial charge in [0.15, 0.2) is 11.9 Å². The first-order chi connectivity index (χ1) is 14.5. The zero-order valence-electron chi connectivity index (χ0n) is 17.2. The highest BCUT2D eigenvalue weighted by Gasteiger charge is 2.33. The van der Waals surface area contributed by atoms with Crippen molar-refractivity contribution in [3.05, 3.63) is 65.5 Å². The Kier molecular flexibility index (Phi) is 5.70. The van der Waals surface area contributed by atoms with Crippen LogP contribution in [0.15, 0.2) is 54.4 Å². The molecule has 2 aromatic rings. The maximum Gasteiger partial charge on any atom is 0.414 e. The van der Waals surface area contributed by atoms with Crippen LogP contribution in [0.25, 0.3) is 0 Å². The minimum absolute atomic E-state index is 0.0633. The normalized spacial score (nSPS) is 20.0. The van der Waals surface area contributed by atoms with E-state index >= 15 is 0 Å². The van der Waals surface area contributed by atoms with Crippen molar-refractivity contribution < 1.29 is 19.1 Å². The van der Waals surface area contributed by atoms with Gasteiger partial charge in [0.2, 0.25) is 5.88 Å². The van der Waals surface area contributed by atoms with Crippen LogP contribution in [-0.4, -0.2) is 55.1 Å². The molecule has 1 saturated heterocycles. The topological polar surface area (TPSA) is 72.0 Å². The first kappa shape index (κ1) is 19.9. The maximum atomic E-state index is 12.9. The van der Waals surface area contributed by atoms with E-state index in [0.717, 1.165) is 36.1 Å². The van der Waals surface area contributed by atoms with Crippen molar-refractivity contribution in [2.75, 3.05) is 32.1 Å². The standard InChI is InChI=1S/C23H25N3O4/c1-25(2)13-17-7-5-6-16-12-18(9-10-20(16)22(17)27)26-14-19(30-23(26)28)15-29-21-8-3-4-11-24-21/h3-4,8-13,19H,5-7,14-15H2,1-2H3/b17-13-/t19-/m1/s1. The van der Waals surface area contributed by atoms with Gasteiger partial charge in [-0.05, 0) is 49.1 Å². The average Bonchev–Trinajstić information content (AvgIpc) is 3.04. The number of Topliss-reactive ketones (excluding diaryl/α,β-unsaturated/α-hetero) is 1. The number of allylic oxidation sites excluding steroid dienone is 1. The Morgan fingerprint density at radius 1 is 1.23 bits per heavy atom. The van der Waals surface area contributed by atoms with Gasteiger partial charge in [-0.25, -0.2) is 9.78 Å². The number of ketones is 1. The Labute approximate surface area is 175 Å². The molecule has 1 aromatic heterocycles. The highest BCUT2D eigenvalue weighted by Crippen LogP contribution is 2.30. The molecule has 1 atom stereocenters. The number of aromatic nitrogens is 1. The van der Waals surface area contributed by atoms with Crippen LogP contribution in [0.3, 0.4) is 0 Å². The largest absolute Gasteiger partial charge is 0.474 e. The molecule has 1 amide bonds. The summed E-state index contributed by atoms with van der Waals surface area (Å²) >= 11 is 0. The zero-order valence-corrected chi connectivity index (χ0v) is 17.2. The quantitative estimate of drug-likeness (QED) is 0.558. The lowest BCUT2D eigenvalue weighted by molar-refractivity contribution is 0.102. The molecule has 0 bridgehead atoms. The Balaban J connectivity index is 1.48. The first-order valence-electron chi connectivity index (χ1n) is 10.1. The minimum atomic E-state index is -0.405. The average molecular weight is 407 g/mol. The van der Waals surface area contributed by atoms with E-state index in [-0.39, 0.29) is 18.5 Å². The molecular weight excluding hydrogens is 382 g/mol. The summed E-state index contributed by atoms with van der Waals surface area (Å²) < 4.78 is 11.1. The predicted octanol–water partition coefficient (Wildman–Crippen LogP) is 3.45. The molecular formula is C23H25N3O4. The number of hydrogen-bond acceptors (Lipinski definition) is 6. The number of anilines is 1. The monoisotopic (exact) mass is 407 g/mol. The number of carbonyl (C=O) groups excluding carboxylic acids is 2. The molecule has 7 nitrogen and oxygen atoms in total. The number of fused-ring (bicyclic) bond motifs is 1. The second-order valence-corrected chi connectivity index (χ2v) is 7.74. The molecule has 2 heterocycles. The molecule has 7 heteroatoms. The molecule has 0 saturated carbocycles. The Hall–Kier alpha value is -3.35. The van der Waals surface area contributed by atoms with Crippen molar-refractivity contribution >= 4 is 17.6 Å². The molecule has 156 valence electrons. The van der Waals surface area contributed by atoms with E-state index in [2.05, 4.69) is 4.98 Å². The van der Waals surface area contributed by atoms with Crippen molar-refractivity contribution in [1.82, 2.24) is 9.88 Å². The van der Waals surface area contributed by atoms with Gasteiger partial charge in [-0.15, -0.1) is 0 Å². The van der Waals surface area contributed by atoms with Gasteiger partial charge in [-0.3, -0.25) is 9.69 Å². The van der Waals surface area contributed by atoms with Crippen LogP contribution < -0.4 is 9.64 Å². The fraction of sp³-hybridized carbons (Fsp3) is 0.348. The van der Waals surface area contributed by atoms with Crippen molar-refractivity contribution in [2.45, 2.75) is 25.4 Å². The number of cyclic esters (lactones) is 1. The van der Waals surface area contributed by atoms with Gasteiger partial charge in [0.1, 0.15) is 6.61 Å². The van der Waals surface area contributed by atoms with Crippen molar-refractivity contribution in [3.8, 4) is 5.88 Å². The van der Waals surface area contributed by atoms with Gasteiger partial charge in [-0.1, -0.05) is 6.07 Å². The van der Waals surface area contributed by atoms with Crippen LogP contribution in [0.4, 0.5) is 10.5 Å². The fourth-order valence-corrected chi connectivity index (χ4v) is 3.80. The molecule has 1 aliphatic carbocycles. The van der Waals surface area contributed by atoms with Crippen LogP contribution in [0.5, 0.6) is 5.88 Å². The lowest BCUT2D eigenvalue weighted by atomic mass is 9.99. The van der Waals surface area contributed by atoms with Gasteiger partial charge < -0.3 is 14.4 Å². The molecule has 1 aliphatic heterocycles. The van der Waals surface area contributed by atoms with Gasteiger partial charge in [-0.2, -0.15) is 0 Å². The van der Waals surface area contributed by atoms with Crippen molar-refractivity contribution in [3.63, 3.8) is 0 Å². The molecule has 1 aromatic carbocycles. The summed E-state index contributed by atoms with van der Waals surface area (Å²) in [5.41, 5.74) is 3.25. The maximum absolute atomic E-state index is 12.9. The molecule has 0 radical (unpaired) electrons. The number of carbonyl (C=O) groups is 2. The second-order valence-electron chi connectivity index (χ2n) is 7.74. The summed E-state index contributed by atoms with van der Waals surface area (Å²) in [6, 6.07) is 11.0. The zero-order chi connectivity index (χ0) is 21.1. The Bertz CT molecular complexity index is 972. The van der Waals surface area contributed by atoms with E-state index in [9.17, 15) is 9.59 Å². The van der Waals surface area contributed by atoms with Crippen LogP contribution in [-0.2, 0) is 11.2 Å². The third-order valence-corrected chi connectivity index (χ3v) is 5.17. The van der Waals surface area contributed by atoms with E-state index in [1.165, 1.54) is 0 Å². The summed E-state index contributed by atoms with van der Waals surface area (Å²) in [6.07, 6.45) is 5.21. The number of rotatable bonds is 5. The Morgan fingerprint density at radius 2 is 2.10 bits per heavy atom. The van der Waals surface area contributed by atoms with Crippen LogP contribution in [0.1, 0.15) is 28.8 Å². The van der Waals surface area contributed by atoms with E-state index in [1.807, 2.05) is 55.5 Å². The van der Waals surface area contributed by atoms with E-state index < -0.39 is 6.09 Å². The fourth-order valence-electron chi connectivity index (χ4n) is 3.80. The summed E-state index contributed by atoms with van der Waals surface area (Å²) in [5.74, 6) is 0.561. The van der Waals surface area contributed by atoms with Crippen molar-refractivity contribution in [1.29, 1.82) is 0 Å². The number of benzene rings is 1. The molecule has 0 spiro atoms. The first-order valence-corrected chi connectivity index (χ1v) is 10.1. The van der Waals surface area contributed by atoms with Gasteiger partial charge >= 0.3 is 6.09 Å². The molecule has 2 aliphatic rings. The van der Waals surface area contributed by atoms with Crippen LogP contribution in [0.2, 0.25) is 0 Å². The third-order valence-electron chi connectivity index (χ3n) is 5.17. The third kappa shape index (κ3) is 4.30. The number of pyridine rings is 1. The predicted molar refractivity (Wildman–Crippen MR) is 113 cm³/mol. The number of ether oxygens (including phenoxy) is 2. The molecule has 1 fully saturated rings. The number of nitrogens with zero attached hydrogens (tertiary/aromatic N) is 3. The highest BCUT2D eigenvalue weighted by atomic mass is 16.6. The lowest BCUT2D eigenvalue weighted by Gasteiger charge is -2.16. The number of aryl methyl sites for hydroxylation is 1. The highest BCUT2D eigenvalue weighted by molar-refractivity contribution is 6.10. The Morgan fingerprint density at radius 3 is 2.87 bits per heavy atom. The summed E-state index contributed by atoms with van der Waals surface area (Å²) in [6.45, 7) is 0.631. The second kappa shape index (κ2) is 8.57. The number of amides is 1. The smallest absolute Gasteiger partial charge is 0.414 e.